The lowest BCUT2D eigenvalue weighted by Gasteiger charge is -2.24. The summed E-state index contributed by atoms with van der Waals surface area (Å²) in [5, 5.41) is 1.13. The Morgan fingerprint density at radius 1 is 1.33 bits per heavy atom. The van der Waals surface area contributed by atoms with Crippen LogP contribution < -0.4 is 4.90 Å². The van der Waals surface area contributed by atoms with Gasteiger partial charge >= 0.3 is 0 Å². The van der Waals surface area contributed by atoms with E-state index in [2.05, 4.69) is 4.99 Å². The molecule has 2 saturated heterocycles. The summed E-state index contributed by atoms with van der Waals surface area (Å²) in [6.07, 6.45) is 2.17. The van der Waals surface area contributed by atoms with Crippen molar-refractivity contribution < 1.29 is 13.2 Å². The third-order valence-electron chi connectivity index (χ3n) is 4.14. The number of sulfone groups is 1. The summed E-state index contributed by atoms with van der Waals surface area (Å²) in [7, 11) is -3.05. The first-order valence-corrected chi connectivity index (χ1v) is 11.0. The van der Waals surface area contributed by atoms with Gasteiger partial charge in [0, 0.05) is 22.4 Å². The number of nitrogens with zero attached hydrogens (tertiary/aromatic N) is 2. The highest BCUT2D eigenvalue weighted by molar-refractivity contribution is 8.16. The summed E-state index contributed by atoms with van der Waals surface area (Å²) >= 11 is 7.34. The Bertz CT molecular complexity index is 762. The predicted octanol–water partition coefficient (Wildman–Crippen LogP) is 3.13. The standard InChI is InChI=1S/C16H19ClN2O3S2/c1-2-3-4-15(20)18-16-19(12-7-5-11(17)6-8-12)13-9-24(21,22)10-14(13)23-16/h5-8,13-14H,2-4,9-10H2,1H3/t13-,14+/m1/s1. The van der Waals surface area contributed by atoms with Gasteiger partial charge < -0.3 is 4.90 Å². The first-order valence-electron chi connectivity index (χ1n) is 7.93. The molecule has 2 fully saturated rings. The number of carbonyl (C=O) groups excluding carboxylic acids is 1. The molecule has 0 aliphatic carbocycles. The minimum Gasteiger partial charge on any atom is -0.316 e. The molecule has 0 radical (unpaired) electrons. The van der Waals surface area contributed by atoms with Crippen LogP contribution in [-0.4, -0.2) is 42.3 Å². The van der Waals surface area contributed by atoms with Gasteiger partial charge in [-0.15, -0.1) is 0 Å². The van der Waals surface area contributed by atoms with E-state index < -0.39 is 9.84 Å². The van der Waals surface area contributed by atoms with Gasteiger partial charge in [-0.25, -0.2) is 8.42 Å². The number of aliphatic imine (C=N–C) groups is 1. The number of rotatable bonds is 4. The quantitative estimate of drug-likeness (QED) is 0.795. The summed E-state index contributed by atoms with van der Waals surface area (Å²) in [5.41, 5.74) is 0.818. The molecule has 5 nitrogen and oxygen atoms in total. The molecule has 1 amide bonds. The molecular formula is C16H19ClN2O3S2. The largest absolute Gasteiger partial charge is 0.316 e. The number of unbranched alkanes of at least 4 members (excludes halogenated alkanes) is 1. The number of benzene rings is 1. The average Bonchev–Trinajstić information content (AvgIpc) is 2.97. The van der Waals surface area contributed by atoms with E-state index in [4.69, 9.17) is 11.6 Å². The van der Waals surface area contributed by atoms with Crippen LogP contribution in [0.15, 0.2) is 29.3 Å². The first-order chi connectivity index (χ1) is 11.4. The zero-order chi connectivity index (χ0) is 17.3. The fourth-order valence-electron chi connectivity index (χ4n) is 2.96. The van der Waals surface area contributed by atoms with Crippen LogP contribution in [0.2, 0.25) is 5.02 Å². The molecule has 0 N–H and O–H groups in total. The van der Waals surface area contributed by atoms with Gasteiger partial charge in [-0.3, -0.25) is 4.79 Å². The van der Waals surface area contributed by atoms with Crippen LogP contribution in [0.5, 0.6) is 0 Å². The Balaban J connectivity index is 1.92. The van der Waals surface area contributed by atoms with Crippen molar-refractivity contribution in [2.24, 2.45) is 4.99 Å². The van der Waals surface area contributed by atoms with Crippen LogP contribution in [0.3, 0.4) is 0 Å². The highest BCUT2D eigenvalue weighted by Gasteiger charge is 2.49. The molecular weight excluding hydrogens is 368 g/mol. The fourth-order valence-corrected chi connectivity index (χ4v) is 7.02. The van der Waals surface area contributed by atoms with Gasteiger partial charge in [-0.2, -0.15) is 4.99 Å². The fraction of sp³-hybridized carbons (Fsp3) is 0.500. The minimum atomic E-state index is -3.05. The number of hydrogen-bond donors (Lipinski definition) is 0. The first kappa shape index (κ1) is 17.8. The van der Waals surface area contributed by atoms with E-state index in [0.29, 0.717) is 16.6 Å². The van der Waals surface area contributed by atoms with E-state index in [-0.39, 0.29) is 28.7 Å². The molecule has 1 aromatic rings. The smallest absolute Gasteiger partial charge is 0.248 e. The van der Waals surface area contributed by atoms with Crippen LogP contribution in [0.4, 0.5) is 5.69 Å². The molecule has 24 heavy (non-hydrogen) atoms. The van der Waals surface area contributed by atoms with Crippen molar-refractivity contribution in [3.05, 3.63) is 29.3 Å². The van der Waals surface area contributed by atoms with Gasteiger partial charge in [0.25, 0.3) is 0 Å². The minimum absolute atomic E-state index is 0.0802. The summed E-state index contributed by atoms with van der Waals surface area (Å²) < 4.78 is 24.0. The summed E-state index contributed by atoms with van der Waals surface area (Å²) in [6, 6.07) is 7.01. The molecule has 130 valence electrons. The van der Waals surface area contributed by atoms with Crippen molar-refractivity contribution in [1.82, 2.24) is 0 Å². The molecule has 3 rings (SSSR count). The maximum atomic E-state index is 12.1. The lowest BCUT2D eigenvalue weighted by Crippen LogP contribution is -2.37. The average molecular weight is 387 g/mol. The summed E-state index contributed by atoms with van der Waals surface area (Å²) in [5.74, 6) is 0.0745. The zero-order valence-electron chi connectivity index (χ0n) is 13.3. The van der Waals surface area contributed by atoms with Crippen LogP contribution in [-0.2, 0) is 14.6 Å². The molecule has 0 saturated carbocycles. The molecule has 0 bridgehead atoms. The maximum Gasteiger partial charge on any atom is 0.248 e. The van der Waals surface area contributed by atoms with Gasteiger partial charge in [0.2, 0.25) is 5.91 Å². The lowest BCUT2D eigenvalue weighted by atomic mass is 10.2. The number of fused-ring (bicyclic) bond motifs is 1. The Kier molecular flexibility index (Phi) is 5.22. The van der Waals surface area contributed by atoms with Gasteiger partial charge in [-0.1, -0.05) is 36.7 Å². The van der Waals surface area contributed by atoms with E-state index in [1.54, 1.807) is 12.1 Å². The van der Waals surface area contributed by atoms with Crippen molar-refractivity contribution in [3.63, 3.8) is 0 Å². The highest BCUT2D eigenvalue weighted by Crippen LogP contribution is 2.41. The second-order valence-corrected chi connectivity index (χ2v) is 9.84. The van der Waals surface area contributed by atoms with E-state index in [1.165, 1.54) is 11.8 Å². The Labute approximate surface area is 151 Å². The number of amidine groups is 1. The topological polar surface area (TPSA) is 66.8 Å². The Morgan fingerprint density at radius 2 is 2.04 bits per heavy atom. The molecule has 2 aliphatic rings. The van der Waals surface area contributed by atoms with E-state index >= 15 is 0 Å². The van der Waals surface area contributed by atoms with Gasteiger partial charge in [0.05, 0.1) is 17.5 Å². The van der Waals surface area contributed by atoms with Crippen molar-refractivity contribution >= 4 is 50.0 Å². The number of carbonyl (C=O) groups is 1. The Hall–Kier alpha value is -1.05. The van der Waals surface area contributed by atoms with Crippen LogP contribution in [0.25, 0.3) is 0 Å². The van der Waals surface area contributed by atoms with Gasteiger partial charge in [0.1, 0.15) is 0 Å². The van der Waals surface area contributed by atoms with E-state index in [9.17, 15) is 13.2 Å². The van der Waals surface area contributed by atoms with Crippen LogP contribution in [0.1, 0.15) is 26.2 Å². The normalized spacial score (nSPS) is 26.8. The Morgan fingerprint density at radius 3 is 2.71 bits per heavy atom. The third kappa shape index (κ3) is 3.78. The monoisotopic (exact) mass is 386 g/mol. The lowest BCUT2D eigenvalue weighted by molar-refractivity contribution is -0.117. The molecule has 0 unspecified atom stereocenters. The SMILES string of the molecule is CCCCC(=O)N=C1S[C@H]2CS(=O)(=O)C[C@H]2N1c1ccc(Cl)cc1. The number of thioether (sulfide) groups is 1. The van der Waals surface area contributed by atoms with Crippen LogP contribution >= 0.6 is 23.4 Å². The predicted molar refractivity (Wildman–Crippen MR) is 99.7 cm³/mol. The molecule has 1 aromatic carbocycles. The third-order valence-corrected chi connectivity index (χ3v) is 7.60. The molecule has 2 atom stereocenters. The summed E-state index contributed by atoms with van der Waals surface area (Å²) in [4.78, 5) is 18.2. The number of halogens is 1. The second kappa shape index (κ2) is 7.06. The van der Waals surface area contributed by atoms with Crippen molar-refractivity contribution in [1.29, 1.82) is 0 Å². The van der Waals surface area contributed by atoms with Gasteiger partial charge in [0.15, 0.2) is 15.0 Å². The van der Waals surface area contributed by atoms with Crippen molar-refractivity contribution in [2.75, 3.05) is 16.4 Å². The number of hydrogen-bond acceptors (Lipinski definition) is 4. The number of amides is 1. The molecule has 8 heteroatoms. The molecule has 2 aliphatic heterocycles. The van der Waals surface area contributed by atoms with E-state index in [0.717, 1.165) is 18.5 Å². The molecule has 2 heterocycles. The zero-order valence-corrected chi connectivity index (χ0v) is 15.7. The second-order valence-electron chi connectivity index (χ2n) is 6.04. The molecule has 0 aromatic heterocycles. The van der Waals surface area contributed by atoms with E-state index in [1.807, 2.05) is 24.0 Å². The van der Waals surface area contributed by atoms with Crippen molar-refractivity contribution in [3.8, 4) is 0 Å². The molecule has 0 spiro atoms. The maximum absolute atomic E-state index is 12.1. The van der Waals surface area contributed by atoms with Crippen molar-refractivity contribution in [2.45, 2.75) is 37.5 Å². The number of anilines is 1. The highest BCUT2D eigenvalue weighted by atomic mass is 35.5. The van der Waals surface area contributed by atoms with Crippen LogP contribution in [0, 0.1) is 0 Å². The summed E-state index contributed by atoms with van der Waals surface area (Å²) in [6.45, 7) is 2.03. The van der Waals surface area contributed by atoms with Gasteiger partial charge in [-0.05, 0) is 30.7 Å².